The number of hydrogen-bond donors (Lipinski definition) is 1. The molecule has 1 heterocycles. The Kier molecular flexibility index (Phi) is 3.38. The molecule has 108 valence electrons. The van der Waals surface area contributed by atoms with Crippen molar-refractivity contribution < 1.29 is 18.3 Å². The Bertz CT molecular complexity index is 673. The Balaban J connectivity index is 1.98. The van der Waals surface area contributed by atoms with E-state index in [-0.39, 0.29) is 16.5 Å². The number of carbonyl (C=O) groups is 1. The molecule has 1 aliphatic carbocycles. The fourth-order valence-corrected chi connectivity index (χ4v) is 5.92. The summed E-state index contributed by atoms with van der Waals surface area (Å²) in [7, 11) is -3.55. The van der Waals surface area contributed by atoms with Crippen molar-refractivity contribution in [3.8, 4) is 0 Å². The Hall–Kier alpha value is -0.920. The van der Waals surface area contributed by atoms with Gasteiger partial charge in [0.1, 0.15) is 0 Å². The first-order valence-electron chi connectivity index (χ1n) is 6.44. The van der Waals surface area contributed by atoms with Crippen molar-refractivity contribution in [2.45, 2.75) is 30.2 Å². The van der Waals surface area contributed by atoms with E-state index in [1.54, 1.807) is 4.31 Å². The summed E-state index contributed by atoms with van der Waals surface area (Å²) in [5.74, 6) is -0.596. The zero-order chi connectivity index (χ0) is 14.5. The maximum absolute atomic E-state index is 12.7. The maximum Gasteiger partial charge on any atom is 0.335 e. The smallest absolute Gasteiger partial charge is 0.335 e. The number of carboxylic acids is 1. The Morgan fingerprint density at radius 3 is 2.60 bits per heavy atom. The molecular formula is C13H14BrNO4S. The van der Waals surface area contributed by atoms with Crippen LogP contribution in [0, 0.1) is 5.92 Å². The lowest BCUT2D eigenvalue weighted by Gasteiger charge is -2.26. The zero-order valence-electron chi connectivity index (χ0n) is 10.6. The van der Waals surface area contributed by atoms with Crippen LogP contribution in [0.25, 0.3) is 0 Å². The van der Waals surface area contributed by atoms with Crippen molar-refractivity contribution in [1.29, 1.82) is 0 Å². The molecule has 3 rings (SSSR count). The van der Waals surface area contributed by atoms with Crippen molar-refractivity contribution in [3.63, 3.8) is 0 Å². The van der Waals surface area contributed by atoms with E-state index in [4.69, 9.17) is 5.11 Å². The highest BCUT2D eigenvalue weighted by molar-refractivity contribution is 9.10. The fraction of sp³-hybridized carbons (Fsp3) is 0.462. The van der Waals surface area contributed by atoms with Crippen molar-refractivity contribution in [2.24, 2.45) is 5.92 Å². The molecule has 1 saturated heterocycles. The molecule has 1 N–H and O–H groups in total. The number of benzene rings is 1. The minimum absolute atomic E-state index is 0.0683. The van der Waals surface area contributed by atoms with Gasteiger partial charge in [-0.15, -0.1) is 0 Å². The predicted molar refractivity (Wildman–Crippen MR) is 76.1 cm³/mol. The molecule has 20 heavy (non-hydrogen) atoms. The van der Waals surface area contributed by atoms with E-state index >= 15 is 0 Å². The molecule has 0 spiro atoms. The SMILES string of the molecule is O=C(O)c1ccc(S(=O)(=O)N2CC3CCC2C3)c(Br)c1. The maximum atomic E-state index is 12.7. The summed E-state index contributed by atoms with van der Waals surface area (Å²) in [6.45, 7) is 0.583. The van der Waals surface area contributed by atoms with E-state index in [0.29, 0.717) is 16.9 Å². The molecule has 0 amide bonds. The quantitative estimate of drug-likeness (QED) is 0.898. The first-order valence-corrected chi connectivity index (χ1v) is 8.67. The molecule has 2 unspecified atom stereocenters. The molecule has 1 saturated carbocycles. The summed E-state index contributed by atoms with van der Waals surface area (Å²) in [5.41, 5.74) is 0.0683. The molecule has 2 fully saturated rings. The van der Waals surface area contributed by atoms with Crippen molar-refractivity contribution in [2.75, 3.05) is 6.54 Å². The van der Waals surface area contributed by atoms with Crippen LogP contribution in [-0.4, -0.2) is 36.4 Å². The van der Waals surface area contributed by atoms with Gasteiger partial charge in [0.05, 0.1) is 10.5 Å². The molecule has 0 aromatic heterocycles. The topological polar surface area (TPSA) is 74.7 Å². The van der Waals surface area contributed by atoms with Gasteiger partial charge >= 0.3 is 5.97 Å². The number of aromatic carboxylic acids is 1. The zero-order valence-corrected chi connectivity index (χ0v) is 13.0. The van der Waals surface area contributed by atoms with E-state index in [1.807, 2.05) is 0 Å². The number of sulfonamides is 1. The average Bonchev–Trinajstić information content (AvgIpc) is 3.00. The van der Waals surface area contributed by atoms with Gasteiger partial charge in [-0.25, -0.2) is 13.2 Å². The van der Waals surface area contributed by atoms with Crippen LogP contribution in [0.2, 0.25) is 0 Å². The third-order valence-electron chi connectivity index (χ3n) is 4.12. The highest BCUT2D eigenvalue weighted by Gasteiger charge is 2.44. The number of carboxylic acid groups (broad SMARTS) is 1. The minimum atomic E-state index is -3.55. The van der Waals surface area contributed by atoms with Crippen LogP contribution < -0.4 is 0 Å². The van der Waals surface area contributed by atoms with Gasteiger partial charge in [-0.3, -0.25) is 0 Å². The van der Waals surface area contributed by atoms with Gasteiger partial charge in [0.15, 0.2) is 0 Å². The highest BCUT2D eigenvalue weighted by Crippen LogP contribution is 2.41. The van der Waals surface area contributed by atoms with E-state index in [9.17, 15) is 13.2 Å². The van der Waals surface area contributed by atoms with Gasteiger partial charge in [-0.05, 0) is 59.3 Å². The van der Waals surface area contributed by atoms with Gasteiger partial charge < -0.3 is 5.11 Å². The molecule has 5 nitrogen and oxygen atoms in total. The second-order valence-electron chi connectivity index (χ2n) is 5.36. The number of rotatable bonds is 3. The molecule has 2 atom stereocenters. The summed E-state index contributed by atoms with van der Waals surface area (Å²) in [5, 5.41) is 8.92. The number of hydrogen-bond acceptors (Lipinski definition) is 3. The first kappa shape index (κ1) is 14.0. The first-order chi connectivity index (χ1) is 9.39. The molecule has 2 aliphatic rings. The van der Waals surface area contributed by atoms with Gasteiger partial charge in [0.2, 0.25) is 10.0 Å². The number of nitrogens with zero attached hydrogens (tertiary/aromatic N) is 1. The van der Waals surface area contributed by atoms with Crippen LogP contribution in [0.5, 0.6) is 0 Å². The second kappa shape index (κ2) is 4.82. The summed E-state index contributed by atoms with van der Waals surface area (Å²) >= 11 is 3.18. The fourth-order valence-electron chi connectivity index (χ4n) is 3.14. The average molecular weight is 360 g/mol. The summed E-state index contributed by atoms with van der Waals surface area (Å²) in [6.07, 6.45) is 2.98. The molecule has 1 aliphatic heterocycles. The molecule has 2 bridgehead atoms. The summed E-state index contributed by atoms with van der Waals surface area (Å²) < 4.78 is 27.2. The highest BCUT2D eigenvalue weighted by atomic mass is 79.9. The lowest BCUT2D eigenvalue weighted by atomic mass is 10.1. The van der Waals surface area contributed by atoms with Crippen LogP contribution in [0.3, 0.4) is 0 Å². The Morgan fingerprint density at radius 1 is 1.35 bits per heavy atom. The number of halogens is 1. The molecule has 0 radical (unpaired) electrons. The largest absolute Gasteiger partial charge is 0.478 e. The summed E-state index contributed by atoms with van der Waals surface area (Å²) in [6, 6.07) is 4.14. The van der Waals surface area contributed by atoms with Crippen LogP contribution >= 0.6 is 15.9 Å². The second-order valence-corrected chi connectivity index (χ2v) is 8.07. The van der Waals surface area contributed by atoms with Gasteiger partial charge in [-0.1, -0.05) is 0 Å². The molecular weight excluding hydrogens is 346 g/mol. The van der Waals surface area contributed by atoms with Gasteiger partial charge in [0, 0.05) is 17.1 Å². The van der Waals surface area contributed by atoms with E-state index in [1.165, 1.54) is 18.2 Å². The van der Waals surface area contributed by atoms with Crippen molar-refractivity contribution in [1.82, 2.24) is 4.31 Å². The van der Waals surface area contributed by atoms with Crippen LogP contribution in [0.4, 0.5) is 0 Å². The lowest BCUT2D eigenvalue weighted by molar-refractivity contribution is 0.0696. The van der Waals surface area contributed by atoms with Crippen LogP contribution in [-0.2, 0) is 10.0 Å². The monoisotopic (exact) mass is 359 g/mol. The lowest BCUT2D eigenvalue weighted by Crippen LogP contribution is -2.37. The van der Waals surface area contributed by atoms with E-state index in [2.05, 4.69) is 15.9 Å². The Morgan fingerprint density at radius 2 is 2.10 bits per heavy atom. The minimum Gasteiger partial charge on any atom is -0.478 e. The van der Waals surface area contributed by atoms with Crippen molar-refractivity contribution >= 4 is 31.9 Å². The van der Waals surface area contributed by atoms with Gasteiger partial charge in [-0.2, -0.15) is 4.31 Å². The molecule has 7 heteroatoms. The van der Waals surface area contributed by atoms with Gasteiger partial charge in [0.25, 0.3) is 0 Å². The van der Waals surface area contributed by atoms with E-state index < -0.39 is 16.0 Å². The van der Waals surface area contributed by atoms with E-state index in [0.717, 1.165) is 19.3 Å². The standard InChI is InChI=1S/C13H14BrNO4S/c14-11-6-9(13(16)17)2-4-12(11)20(18,19)15-7-8-1-3-10(15)5-8/h2,4,6,8,10H,1,3,5,7H2,(H,16,17). The third-order valence-corrected chi connectivity index (χ3v) is 7.02. The number of piperidine rings is 1. The predicted octanol–water partition coefficient (Wildman–Crippen LogP) is 2.32. The normalized spacial score (nSPS) is 26.1. The third kappa shape index (κ3) is 2.17. The number of fused-ring (bicyclic) bond motifs is 2. The van der Waals surface area contributed by atoms with Crippen LogP contribution in [0.15, 0.2) is 27.6 Å². The van der Waals surface area contributed by atoms with Crippen LogP contribution in [0.1, 0.15) is 29.6 Å². The Labute approximate surface area is 125 Å². The summed E-state index contributed by atoms with van der Waals surface area (Å²) in [4.78, 5) is 11.0. The molecule has 1 aromatic carbocycles. The molecule has 1 aromatic rings. The van der Waals surface area contributed by atoms with Crippen molar-refractivity contribution in [3.05, 3.63) is 28.2 Å².